The zero-order valence-corrected chi connectivity index (χ0v) is 19.2. The molecular weight excluding hydrogens is 412 g/mol. The average Bonchev–Trinajstić information content (AvgIpc) is 2.98. The first kappa shape index (κ1) is 22.9. The van der Waals surface area contributed by atoms with Crippen LogP contribution in [0.3, 0.4) is 0 Å². The Balaban J connectivity index is 1.73. The lowest BCUT2D eigenvalue weighted by Crippen LogP contribution is -2.63. The second kappa shape index (κ2) is 7.65. The Morgan fingerprint density at radius 3 is 2.53 bits per heavy atom. The lowest BCUT2D eigenvalue weighted by Gasteiger charge is -2.59. The van der Waals surface area contributed by atoms with Crippen LogP contribution in [0.15, 0.2) is 23.8 Å². The van der Waals surface area contributed by atoms with Crippen LogP contribution in [-0.2, 0) is 28.7 Å². The highest BCUT2D eigenvalue weighted by Gasteiger charge is 2.70. The number of ether oxygens (including phenoxy) is 2. The van der Waals surface area contributed by atoms with E-state index >= 15 is 0 Å². The van der Waals surface area contributed by atoms with Crippen LogP contribution < -0.4 is 0 Å². The summed E-state index contributed by atoms with van der Waals surface area (Å²) in [6, 6.07) is 0. The minimum absolute atomic E-state index is 0.0168. The summed E-state index contributed by atoms with van der Waals surface area (Å²) < 4.78 is 10.8. The zero-order chi connectivity index (χ0) is 23.5. The van der Waals surface area contributed by atoms with Crippen molar-refractivity contribution in [2.24, 2.45) is 28.6 Å². The van der Waals surface area contributed by atoms with Crippen LogP contribution in [0.2, 0.25) is 0 Å². The maximum Gasteiger partial charge on any atom is 0.303 e. The van der Waals surface area contributed by atoms with E-state index in [2.05, 4.69) is 6.92 Å². The number of aliphatic hydroxyl groups is 1. The fourth-order valence-electron chi connectivity index (χ4n) is 7.53. The molecule has 4 aliphatic rings. The molecule has 4 rings (SSSR count). The van der Waals surface area contributed by atoms with E-state index in [1.54, 1.807) is 12.2 Å². The monoisotopic (exact) mass is 444 g/mol. The maximum absolute atomic E-state index is 13.4. The SMILES string of the molecule is CC(=O)OCC(=O)C1(OC(C)=O)CCC2C3CCC4=CC(=O)C=CC4(C)C3C(O)CC21C. The average molecular weight is 445 g/mol. The molecular formula is C25H32O7. The molecule has 4 aliphatic carbocycles. The third-order valence-corrected chi connectivity index (χ3v) is 8.79. The molecule has 0 aromatic heterocycles. The summed E-state index contributed by atoms with van der Waals surface area (Å²) in [4.78, 5) is 48.8. The third kappa shape index (κ3) is 3.19. The van der Waals surface area contributed by atoms with Crippen LogP contribution in [0, 0.1) is 28.6 Å². The predicted molar refractivity (Wildman–Crippen MR) is 114 cm³/mol. The van der Waals surface area contributed by atoms with Crippen molar-refractivity contribution in [1.29, 1.82) is 0 Å². The van der Waals surface area contributed by atoms with Gasteiger partial charge in [-0.25, -0.2) is 0 Å². The number of aliphatic hydroxyl groups excluding tert-OH is 1. The van der Waals surface area contributed by atoms with E-state index in [0.29, 0.717) is 19.3 Å². The van der Waals surface area contributed by atoms with Crippen molar-refractivity contribution < 1.29 is 33.8 Å². The van der Waals surface area contributed by atoms with Crippen molar-refractivity contribution in [3.05, 3.63) is 23.8 Å². The second-order valence-corrected chi connectivity index (χ2v) is 10.4. The smallest absolute Gasteiger partial charge is 0.303 e. The molecule has 7 heteroatoms. The summed E-state index contributed by atoms with van der Waals surface area (Å²) in [6.07, 6.45) is 7.38. The van der Waals surface area contributed by atoms with Crippen molar-refractivity contribution in [1.82, 2.24) is 0 Å². The molecule has 7 unspecified atom stereocenters. The van der Waals surface area contributed by atoms with E-state index in [0.717, 1.165) is 18.4 Å². The van der Waals surface area contributed by atoms with Crippen molar-refractivity contribution in [3.63, 3.8) is 0 Å². The van der Waals surface area contributed by atoms with Gasteiger partial charge in [0.1, 0.15) is 0 Å². The highest BCUT2D eigenvalue weighted by Crippen LogP contribution is 2.67. The Labute approximate surface area is 188 Å². The third-order valence-electron chi connectivity index (χ3n) is 8.79. The second-order valence-electron chi connectivity index (χ2n) is 10.4. The Bertz CT molecular complexity index is 933. The van der Waals surface area contributed by atoms with Crippen LogP contribution in [0.4, 0.5) is 0 Å². The van der Waals surface area contributed by atoms with Gasteiger partial charge in [-0.2, -0.15) is 0 Å². The summed E-state index contributed by atoms with van der Waals surface area (Å²) >= 11 is 0. The summed E-state index contributed by atoms with van der Waals surface area (Å²) in [5.41, 5.74) is -1.56. The first-order chi connectivity index (χ1) is 14.9. The molecule has 0 saturated heterocycles. The molecule has 0 amide bonds. The minimum atomic E-state index is -1.43. The lowest BCUT2D eigenvalue weighted by atomic mass is 9.46. The number of allylic oxidation sites excluding steroid dienone is 4. The molecule has 7 nitrogen and oxygen atoms in total. The van der Waals surface area contributed by atoms with Gasteiger partial charge in [0.05, 0.1) is 6.10 Å². The van der Waals surface area contributed by atoms with Crippen molar-refractivity contribution in [2.45, 2.75) is 71.5 Å². The van der Waals surface area contributed by atoms with Crippen LogP contribution in [-0.4, -0.2) is 46.9 Å². The lowest BCUT2D eigenvalue weighted by molar-refractivity contribution is -0.199. The number of carbonyl (C=O) groups is 4. The van der Waals surface area contributed by atoms with Crippen LogP contribution in [0.5, 0.6) is 0 Å². The number of fused-ring (bicyclic) bond motifs is 5. The Hall–Kier alpha value is -2.28. The minimum Gasteiger partial charge on any atom is -0.458 e. The fourth-order valence-corrected chi connectivity index (χ4v) is 7.53. The van der Waals surface area contributed by atoms with Gasteiger partial charge in [0, 0.05) is 30.6 Å². The van der Waals surface area contributed by atoms with Gasteiger partial charge in [0.15, 0.2) is 18.0 Å². The molecule has 32 heavy (non-hydrogen) atoms. The van der Waals surface area contributed by atoms with E-state index in [1.807, 2.05) is 13.0 Å². The standard InChI is InChI=1S/C25H32O7/c1-14(26)31-13-21(30)25(32-15(2)27)10-8-19-18-6-5-16-11-17(28)7-9-23(16,3)22(18)20(29)12-24(19,25)4/h7,9,11,18-20,22,29H,5-6,8,10,12-13H2,1-4H3. The highest BCUT2D eigenvalue weighted by molar-refractivity contribution is 6.01. The maximum atomic E-state index is 13.4. The molecule has 1 N–H and O–H groups in total. The molecule has 0 bridgehead atoms. The normalized spacial score (nSPS) is 42.3. The molecule has 0 heterocycles. The molecule has 0 aliphatic heterocycles. The first-order valence-corrected chi connectivity index (χ1v) is 11.4. The van der Waals surface area contributed by atoms with E-state index in [1.165, 1.54) is 13.8 Å². The van der Waals surface area contributed by atoms with Gasteiger partial charge >= 0.3 is 11.9 Å². The van der Waals surface area contributed by atoms with Gasteiger partial charge in [-0.15, -0.1) is 0 Å². The molecule has 0 aromatic carbocycles. The summed E-state index contributed by atoms with van der Waals surface area (Å²) in [5.74, 6) is -1.49. The molecule has 7 atom stereocenters. The number of Topliss-reactive ketones (excluding diaryl/α,β-unsaturated/α-hetero) is 1. The molecule has 3 fully saturated rings. The summed E-state index contributed by atoms with van der Waals surface area (Å²) in [6.45, 7) is 6.08. The largest absolute Gasteiger partial charge is 0.458 e. The fraction of sp³-hybridized carbons (Fsp3) is 0.680. The van der Waals surface area contributed by atoms with Gasteiger partial charge in [0.25, 0.3) is 0 Å². The zero-order valence-electron chi connectivity index (χ0n) is 19.2. The van der Waals surface area contributed by atoms with Gasteiger partial charge in [-0.3, -0.25) is 19.2 Å². The van der Waals surface area contributed by atoms with Crippen LogP contribution in [0.25, 0.3) is 0 Å². The quantitative estimate of drug-likeness (QED) is 0.664. The Kier molecular flexibility index (Phi) is 5.47. The van der Waals surface area contributed by atoms with Gasteiger partial charge < -0.3 is 14.6 Å². The molecule has 0 radical (unpaired) electrons. The van der Waals surface area contributed by atoms with Crippen molar-refractivity contribution in [3.8, 4) is 0 Å². The summed E-state index contributed by atoms with van der Waals surface area (Å²) in [5, 5.41) is 11.5. The Morgan fingerprint density at radius 2 is 1.88 bits per heavy atom. The predicted octanol–water partition coefficient (Wildman–Crippen LogP) is 2.70. The van der Waals surface area contributed by atoms with Gasteiger partial charge in [0.2, 0.25) is 5.78 Å². The molecule has 0 spiro atoms. The first-order valence-electron chi connectivity index (χ1n) is 11.4. The summed E-state index contributed by atoms with van der Waals surface area (Å²) in [7, 11) is 0. The van der Waals surface area contributed by atoms with E-state index in [9.17, 15) is 24.3 Å². The number of hydrogen-bond donors (Lipinski definition) is 1. The van der Waals surface area contributed by atoms with Crippen molar-refractivity contribution >= 4 is 23.5 Å². The van der Waals surface area contributed by atoms with E-state index in [4.69, 9.17) is 9.47 Å². The highest BCUT2D eigenvalue weighted by atomic mass is 16.6. The topological polar surface area (TPSA) is 107 Å². The van der Waals surface area contributed by atoms with Gasteiger partial charge in [-0.1, -0.05) is 25.5 Å². The van der Waals surface area contributed by atoms with E-state index in [-0.39, 0.29) is 23.5 Å². The number of carbonyl (C=O) groups excluding carboxylic acids is 4. The molecule has 3 saturated carbocycles. The number of ketones is 2. The van der Waals surface area contributed by atoms with Crippen LogP contribution >= 0.6 is 0 Å². The van der Waals surface area contributed by atoms with Crippen molar-refractivity contribution in [2.75, 3.05) is 6.61 Å². The number of hydrogen-bond acceptors (Lipinski definition) is 7. The molecule has 174 valence electrons. The van der Waals surface area contributed by atoms with E-state index < -0.39 is 46.9 Å². The number of rotatable bonds is 4. The number of esters is 2. The van der Waals surface area contributed by atoms with Gasteiger partial charge in [-0.05, 0) is 56.1 Å². The Morgan fingerprint density at radius 1 is 1.16 bits per heavy atom. The van der Waals surface area contributed by atoms with Crippen LogP contribution in [0.1, 0.15) is 59.8 Å². The molecule has 0 aromatic rings.